The van der Waals surface area contributed by atoms with Gasteiger partial charge in [0.15, 0.2) is 0 Å². The van der Waals surface area contributed by atoms with Gasteiger partial charge in [-0.1, -0.05) is 11.6 Å². The van der Waals surface area contributed by atoms with Gasteiger partial charge in [-0.05, 0) is 37.1 Å². The fourth-order valence-electron chi connectivity index (χ4n) is 2.31. The minimum absolute atomic E-state index is 0.0309. The lowest BCUT2D eigenvalue weighted by molar-refractivity contribution is -0.131. The zero-order valence-electron chi connectivity index (χ0n) is 11.0. The van der Waals surface area contributed by atoms with Gasteiger partial charge in [0, 0.05) is 17.1 Å². The Kier molecular flexibility index (Phi) is 4.98. The van der Waals surface area contributed by atoms with E-state index >= 15 is 0 Å². The Labute approximate surface area is 122 Å². The molecule has 0 radical (unpaired) electrons. The van der Waals surface area contributed by atoms with Gasteiger partial charge in [-0.3, -0.25) is 9.59 Å². The number of aliphatic hydroxyl groups excluding tert-OH is 1. The number of likely N-dealkylation sites (tertiary alicyclic amines) is 1. The van der Waals surface area contributed by atoms with Gasteiger partial charge < -0.3 is 15.3 Å². The molecule has 1 saturated heterocycles. The number of hydrogen-bond donors (Lipinski definition) is 2. The fraction of sp³-hybridized carbons (Fsp3) is 0.429. The summed E-state index contributed by atoms with van der Waals surface area (Å²) in [6, 6.07) is 6.35. The van der Waals surface area contributed by atoms with Crippen LogP contribution < -0.4 is 5.32 Å². The molecule has 6 heteroatoms. The van der Waals surface area contributed by atoms with E-state index in [0.717, 1.165) is 12.8 Å². The van der Waals surface area contributed by atoms with Crippen molar-refractivity contribution >= 4 is 23.4 Å². The molecular weight excluding hydrogens is 280 g/mol. The largest absolute Gasteiger partial charge is 0.394 e. The maximum atomic E-state index is 12.0. The zero-order chi connectivity index (χ0) is 14.5. The SMILES string of the molecule is O=C(NCC(=O)N1CCCC1CO)c1ccc(Cl)cc1. The van der Waals surface area contributed by atoms with Crippen molar-refractivity contribution in [2.24, 2.45) is 0 Å². The summed E-state index contributed by atoms with van der Waals surface area (Å²) in [6.45, 7) is 0.551. The molecule has 0 aliphatic carbocycles. The lowest BCUT2D eigenvalue weighted by atomic mass is 10.2. The summed E-state index contributed by atoms with van der Waals surface area (Å²) in [6.07, 6.45) is 1.70. The van der Waals surface area contributed by atoms with Gasteiger partial charge in [-0.25, -0.2) is 0 Å². The van der Waals surface area contributed by atoms with E-state index in [-0.39, 0.29) is 31.0 Å². The number of hydrogen-bond acceptors (Lipinski definition) is 3. The first kappa shape index (κ1) is 14.8. The molecule has 0 spiro atoms. The molecule has 1 heterocycles. The average Bonchev–Trinajstić information content (AvgIpc) is 2.93. The number of benzene rings is 1. The van der Waals surface area contributed by atoms with Crippen LogP contribution in [-0.2, 0) is 4.79 Å². The molecule has 2 N–H and O–H groups in total. The van der Waals surface area contributed by atoms with E-state index < -0.39 is 0 Å². The Bertz CT molecular complexity index is 490. The molecule has 1 fully saturated rings. The molecule has 1 atom stereocenters. The topological polar surface area (TPSA) is 69.6 Å². The predicted molar refractivity (Wildman–Crippen MR) is 75.6 cm³/mol. The van der Waals surface area contributed by atoms with Crippen LogP contribution in [0.3, 0.4) is 0 Å². The Hall–Kier alpha value is -1.59. The van der Waals surface area contributed by atoms with Crippen LogP contribution in [0.15, 0.2) is 24.3 Å². The Morgan fingerprint density at radius 2 is 2.05 bits per heavy atom. The number of rotatable bonds is 4. The van der Waals surface area contributed by atoms with Crippen molar-refractivity contribution in [3.63, 3.8) is 0 Å². The summed E-state index contributed by atoms with van der Waals surface area (Å²) in [4.78, 5) is 25.5. The molecule has 5 nitrogen and oxygen atoms in total. The van der Waals surface area contributed by atoms with E-state index in [1.54, 1.807) is 29.2 Å². The summed E-state index contributed by atoms with van der Waals surface area (Å²) in [7, 11) is 0. The van der Waals surface area contributed by atoms with Gasteiger partial charge in [0.05, 0.1) is 19.2 Å². The number of amides is 2. The van der Waals surface area contributed by atoms with E-state index in [0.29, 0.717) is 17.1 Å². The number of carbonyl (C=O) groups excluding carboxylic acids is 2. The molecule has 0 bridgehead atoms. The first-order chi connectivity index (χ1) is 9.61. The van der Waals surface area contributed by atoms with Crippen molar-refractivity contribution in [2.45, 2.75) is 18.9 Å². The van der Waals surface area contributed by atoms with Crippen LogP contribution in [0.25, 0.3) is 0 Å². The third-order valence-electron chi connectivity index (χ3n) is 3.41. The number of aliphatic hydroxyl groups is 1. The Balaban J connectivity index is 1.87. The van der Waals surface area contributed by atoms with Crippen LogP contribution in [0.5, 0.6) is 0 Å². The molecule has 0 aromatic heterocycles. The third kappa shape index (κ3) is 3.49. The summed E-state index contributed by atoms with van der Waals surface area (Å²) in [5, 5.41) is 12.3. The van der Waals surface area contributed by atoms with E-state index in [1.165, 1.54) is 0 Å². The number of nitrogens with one attached hydrogen (secondary N) is 1. The van der Waals surface area contributed by atoms with Gasteiger partial charge in [0.25, 0.3) is 5.91 Å². The van der Waals surface area contributed by atoms with E-state index in [2.05, 4.69) is 5.32 Å². The molecule has 2 amide bonds. The molecule has 2 rings (SSSR count). The quantitative estimate of drug-likeness (QED) is 0.873. The lowest BCUT2D eigenvalue weighted by Crippen LogP contribution is -2.43. The van der Waals surface area contributed by atoms with Crippen LogP contribution in [0.1, 0.15) is 23.2 Å². The molecule has 20 heavy (non-hydrogen) atoms. The second-order valence-corrected chi connectivity index (χ2v) is 5.19. The van der Waals surface area contributed by atoms with Crippen molar-refractivity contribution in [1.29, 1.82) is 0 Å². The van der Waals surface area contributed by atoms with E-state index in [9.17, 15) is 14.7 Å². The van der Waals surface area contributed by atoms with Crippen LogP contribution in [0.2, 0.25) is 5.02 Å². The third-order valence-corrected chi connectivity index (χ3v) is 3.67. The van der Waals surface area contributed by atoms with Gasteiger partial charge in [0.2, 0.25) is 5.91 Å². The molecule has 1 aromatic carbocycles. The van der Waals surface area contributed by atoms with Crippen molar-refractivity contribution < 1.29 is 14.7 Å². The molecule has 1 aliphatic heterocycles. The molecule has 108 valence electrons. The summed E-state index contributed by atoms with van der Waals surface area (Å²) >= 11 is 5.75. The normalized spacial score (nSPS) is 18.1. The van der Waals surface area contributed by atoms with Crippen molar-refractivity contribution in [1.82, 2.24) is 10.2 Å². The highest BCUT2D eigenvalue weighted by atomic mass is 35.5. The predicted octanol–water partition coefficient (Wildman–Crippen LogP) is 1.05. The van der Waals surface area contributed by atoms with Gasteiger partial charge in [0.1, 0.15) is 0 Å². The minimum atomic E-state index is -0.310. The average molecular weight is 297 g/mol. The fourth-order valence-corrected chi connectivity index (χ4v) is 2.44. The number of halogens is 1. The summed E-state index contributed by atoms with van der Waals surface area (Å²) in [5.74, 6) is -0.473. The molecule has 1 aliphatic rings. The van der Waals surface area contributed by atoms with Gasteiger partial charge in [-0.15, -0.1) is 0 Å². The van der Waals surface area contributed by atoms with E-state index in [1.807, 2.05) is 0 Å². The monoisotopic (exact) mass is 296 g/mol. The zero-order valence-corrected chi connectivity index (χ0v) is 11.8. The van der Waals surface area contributed by atoms with Crippen molar-refractivity contribution in [2.75, 3.05) is 19.7 Å². The van der Waals surface area contributed by atoms with Crippen molar-refractivity contribution in [3.05, 3.63) is 34.9 Å². The van der Waals surface area contributed by atoms with Gasteiger partial charge >= 0.3 is 0 Å². The maximum absolute atomic E-state index is 12.0. The number of nitrogens with zero attached hydrogens (tertiary/aromatic N) is 1. The highest BCUT2D eigenvalue weighted by Crippen LogP contribution is 2.16. The first-order valence-corrected chi connectivity index (χ1v) is 6.93. The smallest absolute Gasteiger partial charge is 0.251 e. The van der Waals surface area contributed by atoms with Crippen LogP contribution in [0, 0.1) is 0 Å². The summed E-state index contributed by atoms with van der Waals surface area (Å²) in [5.41, 5.74) is 0.460. The second-order valence-electron chi connectivity index (χ2n) is 4.76. The highest BCUT2D eigenvalue weighted by molar-refractivity contribution is 6.30. The Morgan fingerprint density at radius 3 is 2.70 bits per heavy atom. The van der Waals surface area contributed by atoms with Crippen LogP contribution in [-0.4, -0.2) is 47.6 Å². The van der Waals surface area contributed by atoms with Crippen LogP contribution >= 0.6 is 11.6 Å². The Morgan fingerprint density at radius 1 is 1.35 bits per heavy atom. The second kappa shape index (κ2) is 6.72. The lowest BCUT2D eigenvalue weighted by Gasteiger charge is -2.23. The maximum Gasteiger partial charge on any atom is 0.251 e. The van der Waals surface area contributed by atoms with E-state index in [4.69, 9.17) is 11.6 Å². The minimum Gasteiger partial charge on any atom is -0.394 e. The summed E-state index contributed by atoms with van der Waals surface area (Å²) < 4.78 is 0. The molecule has 1 aromatic rings. The number of carbonyl (C=O) groups is 2. The molecular formula is C14H17ClN2O3. The molecule has 0 saturated carbocycles. The van der Waals surface area contributed by atoms with Gasteiger partial charge in [-0.2, -0.15) is 0 Å². The van der Waals surface area contributed by atoms with Crippen molar-refractivity contribution in [3.8, 4) is 0 Å². The standard InChI is InChI=1S/C14H17ClN2O3/c15-11-5-3-10(4-6-11)14(20)16-8-13(19)17-7-1-2-12(17)9-18/h3-6,12,18H,1-2,7-9H2,(H,16,20). The first-order valence-electron chi connectivity index (χ1n) is 6.56. The van der Waals surface area contributed by atoms with Crippen LogP contribution in [0.4, 0.5) is 0 Å². The highest BCUT2D eigenvalue weighted by Gasteiger charge is 2.27. The molecule has 1 unspecified atom stereocenters.